The van der Waals surface area contributed by atoms with Gasteiger partial charge in [-0.05, 0) is 55.2 Å². The summed E-state index contributed by atoms with van der Waals surface area (Å²) in [5.41, 5.74) is 1.31. The van der Waals surface area contributed by atoms with Gasteiger partial charge in [-0.3, -0.25) is 9.59 Å². The Bertz CT molecular complexity index is 952. The summed E-state index contributed by atoms with van der Waals surface area (Å²) in [4.78, 5) is 24.8. The van der Waals surface area contributed by atoms with Crippen LogP contribution in [-0.2, 0) is 4.79 Å². The van der Waals surface area contributed by atoms with E-state index >= 15 is 0 Å². The SMILES string of the molecule is CCOc1ccc(C=C2Oc3cc(OC(=O)CCC4CCCC4)ccc3C2=O)cc1. The number of fused-ring (bicyclic) bond motifs is 1. The van der Waals surface area contributed by atoms with Crippen molar-refractivity contribution in [3.05, 3.63) is 59.4 Å². The van der Waals surface area contributed by atoms with Crippen LogP contribution >= 0.6 is 0 Å². The minimum absolute atomic E-state index is 0.182. The molecule has 0 bridgehead atoms. The first-order valence-electron chi connectivity index (χ1n) is 10.6. The highest BCUT2D eigenvalue weighted by Crippen LogP contribution is 2.35. The smallest absolute Gasteiger partial charge is 0.311 e. The molecule has 156 valence electrons. The molecule has 0 amide bonds. The Morgan fingerprint density at radius 2 is 1.83 bits per heavy atom. The van der Waals surface area contributed by atoms with Crippen molar-refractivity contribution >= 4 is 17.8 Å². The zero-order chi connectivity index (χ0) is 20.9. The fourth-order valence-electron chi connectivity index (χ4n) is 4.01. The molecule has 0 aromatic heterocycles. The lowest BCUT2D eigenvalue weighted by molar-refractivity contribution is -0.134. The van der Waals surface area contributed by atoms with E-state index in [9.17, 15) is 9.59 Å². The topological polar surface area (TPSA) is 61.8 Å². The number of esters is 1. The van der Waals surface area contributed by atoms with E-state index in [1.807, 2.05) is 31.2 Å². The van der Waals surface area contributed by atoms with Gasteiger partial charge in [0.25, 0.3) is 0 Å². The minimum atomic E-state index is -0.240. The minimum Gasteiger partial charge on any atom is -0.494 e. The molecule has 0 saturated heterocycles. The van der Waals surface area contributed by atoms with Crippen LogP contribution in [0.5, 0.6) is 17.2 Å². The van der Waals surface area contributed by atoms with E-state index in [2.05, 4.69) is 0 Å². The van der Waals surface area contributed by atoms with Crippen molar-refractivity contribution in [2.45, 2.75) is 45.4 Å². The maximum absolute atomic E-state index is 12.6. The van der Waals surface area contributed by atoms with Crippen LogP contribution in [0, 0.1) is 5.92 Å². The number of rotatable bonds is 7. The fraction of sp³-hybridized carbons (Fsp3) is 0.360. The second-order valence-electron chi connectivity index (χ2n) is 7.76. The van der Waals surface area contributed by atoms with Gasteiger partial charge < -0.3 is 14.2 Å². The molecule has 1 aliphatic heterocycles. The zero-order valence-electron chi connectivity index (χ0n) is 17.2. The van der Waals surface area contributed by atoms with Gasteiger partial charge in [0, 0.05) is 12.5 Å². The largest absolute Gasteiger partial charge is 0.494 e. The van der Waals surface area contributed by atoms with Gasteiger partial charge in [0.15, 0.2) is 5.76 Å². The van der Waals surface area contributed by atoms with Crippen LogP contribution in [0.3, 0.4) is 0 Å². The van der Waals surface area contributed by atoms with E-state index in [1.165, 1.54) is 25.7 Å². The van der Waals surface area contributed by atoms with Crippen molar-refractivity contribution in [2.24, 2.45) is 5.92 Å². The molecule has 0 spiro atoms. The van der Waals surface area contributed by atoms with Crippen LogP contribution < -0.4 is 14.2 Å². The number of benzene rings is 2. The number of allylic oxidation sites excluding steroid dienone is 1. The summed E-state index contributed by atoms with van der Waals surface area (Å²) < 4.78 is 16.6. The van der Waals surface area contributed by atoms with Crippen LogP contribution in [0.2, 0.25) is 0 Å². The Labute approximate surface area is 176 Å². The van der Waals surface area contributed by atoms with Crippen molar-refractivity contribution in [1.82, 2.24) is 0 Å². The number of hydrogen-bond acceptors (Lipinski definition) is 5. The van der Waals surface area contributed by atoms with Crippen LogP contribution in [-0.4, -0.2) is 18.4 Å². The highest BCUT2D eigenvalue weighted by Gasteiger charge is 2.28. The van der Waals surface area contributed by atoms with Gasteiger partial charge in [0.05, 0.1) is 12.2 Å². The lowest BCUT2D eigenvalue weighted by atomic mass is 10.0. The predicted molar refractivity (Wildman–Crippen MR) is 114 cm³/mol. The summed E-state index contributed by atoms with van der Waals surface area (Å²) in [6.07, 6.45) is 7.96. The molecule has 4 rings (SSSR count). The van der Waals surface area contributed by atoms with Crippen LogP contribution in [0.1, 0.15) is 61.4 Å². The number of Topliss-reactive ketones (excluding diaryl/α,β-unsaturated/α-hetero) is 1. The second kappa shape index (κ2) is 9.16. The molecule has 0 unspecified atom stereocenters. The molecule has 1 aliphatic carbocycles. The molecule has 2 aromatic carbocycles. The second-order valence-corrected chi connectivity index (χ2v) is 7.76. The van der Waals surface area contributed by atoms with Gasteiger partial charge >= 0.3 is 5.97 Å². The molecule has 1 saturated carbocycles. The van der Waals surface area contributed by atoms with Gasteiger partial charge in [0.2, 0.25) is 5.78 Å². The summed E-state index contributed by atoms with van der Waals surface area (Å²) >= 11 is 0. The zero-order valence-corrected chi connectivity index (χ0v) is 17.2. The first-order valence-corrected chi connectivity index (χ1v) is 10.6. The number of carbonyl (C=O) groups excluding carboxylic acids is 2. The molecule has 0 radical (unpaired) electrons. The van der Waals surface area contributed by atoms with E-state index in [0.717, 1.165) is 17.7 Å². The number of hydrogen-bond donors (Lipinski definition) is 0. The maximum atomic E-state index is 12.6. The molecule has 0 N–H and O–H groups in total. The summed E-state index contributed by atoms with van der Waals surface area (Å²) in [7, 11) is 0. The first kappa shape index (κ1) is 20.2. The highest BCUT2D eigenvalue weighted by atomic mass is 16.5. The molecule has 1 heterocycles. The van der Waals surface area contributed by atoms with Crippen molar-refractivity contribution in [2.75, 3.05) is 6.61 Å². The number of ketones is 1. The Hall–Kier alpha value is -3.08. The standard InChI is InChI=1S/C25H26O5/c1-2-28-19-10-7-18(8-11-19)15-23-25(27)21-13-12-20(16-22(21)30-23)29-24(26)14-9-17-5-3-4-6-17/h7-8,10-13,15-17H,2-6,9,14H2,1H3. The van der Waals surface area contributed by atoms with E-state index in [0.29, 0.717) is 36.0 Å². The van der Waals surface area contributed by atoms with Crippen LogP contribution in [0.4, 0.5) is 0 Å². The van der Waals surface area contributed by atoms with Gasteiger partial charge in [-0.15, -0.1) is 0 Å². The Morgan fingerprint density at radius 1 is 1.10 bits per heavy atom. The molecule has 2 aromatic rings. The fourth-order valence-corrected chi connectivity index (χ4v) is 4.01. The van der Waals surface area contributed by atoms with E-state index < -0.39 is 0 Å². The summed E-state index contributed by atoms with van der Waals surface area (Å²) in [5.74, 6) is 2.07. The lowest BCUT2D eigenvalue weighted by Gasteiger charge is -2.09. The summed E-state index contributed by atoms with van der Waals surface area (Å²) in [6.45, 7) is 2.53. The first-order chi connectivity index (χ1) is 14.6. The lowest BCUT2D eigenvalue weighted by Crippen LogP contribution is -2.09. The number of carbonyl (C=O) groups is 2. The normalized spacial score (nSPS) is 17.1. The molecule has 1 fully saturated rings. The Kier molecular flexibility index (Phi) is 6.17. The third-order valence-electron chi connectivity index (χ3n) is 5.59. The monoisotopic (exact) mass is 406 g/mol. The molecule has 30 heavy (non-hydrogen) atoms. The van der Waals surface area contributed by atoms with Crippen molar-refractivity contribution in [1.29, 1.82) is 0 Å². The summed E-state index contributed by atoms with van der Waals surface area (Å²) in [5, 5.41) is 0. The van der Waals surface area contributed by atoms with Crippen LogP contribution in [0.15, 0.2) is 48.2 Å². The Balaban J connectivity index is 1.39. The average Bonchev–Trinajstić information content (AvgIpc) is 3.36. The predicted octanol–water partition coefficient (Wildman–Crippen LogP) is 5.58. The molecule has 5 heteroatoms. The van der Waals surface area contributed by atoms with Crippen molar-refractivity contribution in [3.8, 4) is 17.2 Å². The quantitative estimate of drug-likeness (QED) is 0.341. The van der Waals surface area contributed by atoms with Gasteiger partial charge in [-0.25, -0.2) is 0 Å². The van der Waals surface area contributed by atoms with E-state index in [1.54, 1.807) is 24.3 Å². The van der Waals surface area contributed by atoms with Gasteiger partial charge in [0.1, 0.15) is 17.2 Å². The molecular formula is C25H26O5. The van der Waals surface area contributed by atoms with Crippen LogP contribution in [0.25, 0.3) is 6.08 Å². The Morgan fingerprint density at radius 3 is 2.57 bits per heavy atom. The third-order valence-corrected chi connectivity index (χ3v) is 5.59. The molecule has 5 nitrogen and oxygen atoms in total. The average molecular weight is 406 g/mol. The molecular weight excluding hydrogens is 380 g/mol. The maximum Gasteiger partial charge on any atom is 0.311 e. The van der Waals surface area contributed by atoms with Gasteiger partial charge in [-0.2, -0.15) is 0 Å². The van der Waals surface area contributed by atoms with E-state index in [4.69, 9.17) is 14.2 Å². The van der Waals surface area contributed by atoms with Crippen molar-refractivity contribution in [3.63, 3.8) is 0 Å². The van der Waals surface area contributed by atoms with Crippen molar-refractivity contribution < 1.29 is 23.8 Å². The van der Waals surface area contributed by atoms with E-state index in [-0.39, 0.29) is 17.5 Å². The summed E-state index contributed by atoms with van der Waals surface area (Å²) in [6, 6.07) is 12.4. The van der Waals surface area contributed by atoms with Gasteiger partial charge in [-0.1, -0.05) is 37.8 Å². The number of ether oxygens (including phenoxy) is 3. The highest BCUT2D eigenvalue weighted by molar-refractivity contribution is 6.14. The molecule has 2 aliphatic rings. The third kappa shape index (κ3) is 4.73. The molecule has 0 atom stereocenters.